The van der Waals surface area contributed by atoms with E-state index in [0.29, 0.717) is 28.9 Å². The topological polar surface area (TPSA) is 75.5 Å². The Morgan fingerprint density at radius 2 is 1.26 bits per heavy atom. The highest BCUT2D eigenvalue weighted by molar-refractivity contribution is 6.34. The lowest BCUT2D eigenvalue weighted by Crippen LogP contribution is -2.38. The van der Waals surface area contributed by atoms with Gasteiger partial charge in [0.1, 0.15) is 10.8 Å². The number of rotatable bonds is 27. The van der Waals surface area contributed by atoms with Gasteiger partial charge in [0.25, 0.3) is 0 Å². The Hall–Kier alpha value is -2.54. The highest BCUT2D eigenvalue weighted by Gasteiger charge is 2.26. The number of nitrogens with zero attached hydrogens (tertiary/aromatic N) is 4. The number of H-pyrrole nitrogens is 1. The molecule has 1 amide bonds. The smallest absolute Gasteiger partial charge is 0.228 e. The first-order valence-corrected chi connectivity index (χ1v) is 20.7. The molecule has 50 heavy (non-hydrogen) atoms. The number of halogens is 1. The molecule has 0 aliphatic rings. The largest absolute Gasteiger partial charge is 0.492 e. The van der Waals surface area contributed by atoms with Crippen molar-refractivity contribution in [2.45, 2.75) is 175 Å². The summed E-state index contributed by atoms with van der Waals surface area (Å²) in [5.74, 6) is 1.28. The van der Waals surface area contributed by atoms with E-state index in [1.165, 1.54) is 116 Å². The molecule has 0 radical (unpaired) electrons. The molecule has 1 aromatic carbocycles. The third-order valence-electron chi connectivity index (χ3n) is 9.88. The Labute approximate surface area is 309 Å². The molecule has 0 aliphatic carbocycles. The summed E-state index contributed by atoms with van der Waals surface area (Å²) in [6, 6.07) is 7.82. The molecule has 1 atom stereocenters. The molecule has 7 nitrogen and oxygen atoms in total. The lowest BCUT2D eigenvalue weighted by atomic mass is 9.92. The number of carbonyl (C=O) groups is 1. The average Bonchev–Trinajstić information content (AvgIpc) is 3.66. The molecule has 3 aromatic rings. The number of carbonyl (C=O) groups excluding carboxylic acids is 1. The molecular weight excluding hydrogens is 642 g/mol. The fourth-order valence-corrected chi connectivity index (χ4v) is 7.14. The van der Waals surface area contributed by atoms with Crippen molar-refractivity contribution in [3.8, 4) is 17.1 Å². The van der Waals surface area contributed by atoms with Crippen LogP contribution in [0.15, 0.2) is 24.3 Å². The van der Waals surface area contributed by atoms with Gasteiger partial charge < -0.3 is 14.6 Å². The van der Waals surface area contributed by atoms with Crippen LogP contribution in [0.2, 0.25) is 5.02 Å². The summed E-state index contributed by atoms with van der Waals surface area (Å²) in [5.41, 5.74) is 2.10. The van der Waals surface area contributed by atoms with Gasteiger partial charge in [0, 0.05) is 18.5 Å². The SMILES string of the molecule is CCCCCCCCCCCCN(CCCCCCCCCCCC)C(=O)C(C)COc1ccccc1-c1nn2nc(C(C)(C)C)c(Cl)c2[nH]1. The molecule has 3 rings (SSSR count). The zero-order chi connectivity index (χ0) is 36.2. The molecule has 0 fully saturated rings. The van der Waals surface area contributed by atoms with Crippen molar-refractivity contribution in [2.24, 2.45) is 5.92 Å². The number of hydrogen-bond acceptors (Lipinski definition) is 4. The zero-order valence-electron chi connectivity index (χ0n) is 32.6. The van der Waals surface area contributed by atoms with E-state index in [0.717, 1.165) is 37.2 Å². The highest BCUT2D eigenvalue weighted by Crippen LogP contribution is 2.34. The minimum Gasteiger partial charge on any atom is -0.492 e. The maximum atomic E-state index is 13.8. The second-order valence-corrected chi connectivity index (χ2v) is 16.0. The third kappa shape index (κ3) is 14.2. The summed E-state index contributed by atoms with van der Waals surface area (Å²) in [6.07, 6.45) is 26.0. The minimum absolute atomic E-state index is 0.190. The van der Waals surface area contributed by atoms with E-state index in [-0.39, 0.29) is 17.2 Å². The third-order valence-corrected chi connectivity index (χ3v) is 10.2. The summed E-state index contributed by atoms with van der Waals surface area (Å²) in [5, 5.41) is 9.92. The van der Waals surface area contributed by atoms with Crippen LogP contribution < -0.4 is 4.74 Å². The lowest BCUT2D eigenvalue weighted by molar-refractivity contribution is -0.136. The number of para-hydroxylation sites is 1. The summed E-state index contributed by atoms with van der Waals surface area (Å²) < 4.78 is 7.91. The molecule has 0 saturated heterocycles. The number of nitrogens with one attached hydrogen (secondary N) is 1. The lowest BCUT2D eigenvalue weighted by Gasteiger charge is -2.26. The Morgan fingerprint density at radius 3 is 1.74 bits per heavy atom. The second kappa shape index (κ2) is 23.1. The first-order chi connectivity index (χ1) is 24.2. The molecule has 2 heterocycles. The molecule has 8 heteroatoms. The first-order valence-electron chi connectivity index (χ1n) is 20.3. The normalized spacial score (nSPS) is 12.5. The van der Waals surface area contributed by atoms with Gasteiger partial charge in [0.05, 0.1) is 23.8 Å². The van der Waals surface area contributed by atoms with Crippen LogP contribution in [0.4, 0.5) is 0 Å². The van der Waals surface area contributed by atoms with Crippen molar-refractivity contribution in [3.63, 3.8) is 0 Å². The van der Waals surface area contributed by atoms with Crippen molar-refractivity contribution in [3.05, 3.63) is 35.0 Å². The van der Waals surface area contributed by atoms with Gasteiger partial charge in [-0.05, 0) is 25.0 Å². The number of fused-ring (bicyclic) bond motifs is 1. The predicted molar refractivity (Wildman–Crippen MR) is 211 cm³/mol. The second-order valence-electron chi connectivity index (χ2n) is 15.6. The summed E-state index contributed by atoms with van der Waals surface area (Å²) in [7, 11) is 0. The van der Waals surface area contributed by atoms with Crippen molar-refractivity contribution in [1.82, 2.24) is 24.7 Å². The van der Waals surface area contributed by atoms with Crippen LogP contribution in [-0.2, 0) is 10.2 Å². The van der Waals surface area contributed by atoms with Crippen molar-refractivity contribution in [2.75, 3.05) is 19.7 Å². The zero-order valence-corrected chi connectivity index (χ0v) is 33.4. The number of benzene rings is 1. The standard InChI is InChI=1S/C42H70ClN5O2/c1-7-9-11-13-15-17-19-21-23-27-31-47(32-28-24-22-20-18-16-14-12-10-8-2)41(49)34(3)33-50-36-30-26-25-29-35(36)39-44-40-37(43)38(42(4,5)6)45-48(40)46-39/h25-26,29-30,34H,7-24,27-28,31-33H2,1-6H3,(H,44,46). The molecule has 2 aromatic heterocycles. The predicted octanol–water partition coefficient (Wildman–Crippen LogP) is 12.4. The van der Waals surface area contributed by atoms with Crippen molar-refractivity contribution in [1.29, 1.82) is 0 Å². The quantitative estimate of drug-likeness (QED) is 0.0799. The van der Waals surface area contributed by atoms with E-state index in [1.807, 2.05) is 31.2 Å². The molecule has 282 valence electrons. The van der Waals surface area contributed by atoms with Gasteiger partial charge in [0.2, 0.25) is 5.91 Å². The van der Waals surface area contributed by atoms with E-state index in [4.69, 9.17) is 21.4 Å². The van der Waals surface area contributed by atoms with Gasteiger partial charge in [-0.15, -0.1) is 9.73 Å². The van der Waals surface area contributed by atoms with E-state index in [1.54, 1.807) is 4.63 Å². The molecule has 0 aliphatic heterocycles. The van der Waals surface area contributed by atoms with Gasteiger partial charge in [0.15, 0.2) is 11.5 Å². The van der Waals surface area contributed by atoms with Crippen LogP contribution in [0.5, 0.6) is 5.75 Å². The van der Waals surface area contributed by atoms with Crippen LogP contribution in [0.3, 0.4) is 0 Å². The van der Waals surface area contributed by atoms with Crippen molar-refractivity contribution >= 4 is 23.2 Å². The van der Waals surface area contributed by atoms with E-state index < -0.39 is 0 Å². The average molecular weight is 713 g/mol. The summed E-state index contributed by atoms with van der Waals surface area (Å²) in [6.45, 7) is 14.8. The van der Waals surface area contributed by atoms with Crippen molar-refractivity contribution < 1.29 is 9.53 Å². The fraction of sp³-hybridized carbons (Fsp3) is 0.738. The molecule has 1 unspecified atom stereocenters. The number of ether oxygens (including phenoxy) is 1. The number of amides is 1. The summed E-state index contributed by atoms with van der Waals surface area (Å²) >= 11 is 6.70. The van der Waals surface area contributed by atoms with Gasteiger partial charge in [-0.25, -0.2) is 0 Å². The maximum Gasteiger partial charge on any atom is 0.228 e. The Balaban J connectivity index is 1.53. The van der Waals surface area contributed by atoms with E-state index >= 15 is 0 Å². The molecular formula is C42H70ClN5O2. The first kappa shape index (κ1) is 41.9. The summed E-state index contributed by atoms with van der Waals surface area (Å²) in [4.78, 5) is 19.3. The number of aromatic nitrogens is 4. The van der Waals surface area contributed by atoms with Crippen LogP contribution in [0, 0.1) is 5.92 Å². The number of hydrogen-bond donors (Lipinski definition) is 1. The fourth-order valence-electron chi connectivity index (χ4n) is 6.70. The Morgan fingerprint density at radius 1 is 0.780 bits per heavy atom. The van der Waals surface area contributed by atoms with Gasteiger partial charge in [-0.2, -0.15) is 5.10 Å². The van der Waals surface area contributed by atoms with Crippen LogP contribution in [-0.4, -0.2) is 50.3 Å². The van der Waals surface area contributed by atoms with Crippen LogP contribution >= 0.6 is 11.6 Å². The minimum atomic E-state index is -0.244. The molecule has 0 saturated carbocycles. The molecule has 0 spiro atoms. The molecule has 1 N–H and O–H groups in total. The molecule has 0 bridgehead atoms. The van der Waals surface area contributed by atoms with E-state index in [9.17, 15) is 4.79 Å². The van der Waals surface area contributed by atoms with Crippen LogP contribution in [0.25, 0.3) is 17.0 Å². The monoisotopic (exact) mass is 712 g/mol. The highest BCUT2D eigenvalue weighted by atomic mass is 35.5. The van der Waals surface area contributed by atoms with Gasteiger partial charge in [-0.1, -0.05) is 181 Å². The Kier molecular flexibility index (Phi) is 19.4. The Bertz CT molecular complexity index is 1340. The van der Waals surface area contributed by atoms with Gasteiger partial charge in [-0.3, -0.25) is 4.79 Å². The number of aromatic amines is 1. The van der Waals surface area contributed by atoms with Gasteiger partial charge >= 0.3 is 0 Å². The maximum absolute atomic E-state index is 13.8. The number of unbranched alkanes of at least 4 members (excludes halogenated alkanes) is 18. The van der Waals surface area contributed by atoms with Crippen LogP contribution in [0.1, 0.15) is 176 Å². The van der Waals surface area contributed by atoms with E-state index in [2.05, 4.69) is 49.6 Å².